The number of nitrogens with zero attached hydrogens (tertiary/aromatic N) is 1. The van der Waals surface area contributed by atoms with E-state index in [1.165, 1.54) is 26.4 Å². The van der Waals surface area contributed by atoms with E-state index in [1.807, 2.05) is 0 Å². The molecule has 1 aliphatic carbocycles. The Balaban J connectivity index is 1.96. The summed E-state index contributed by atoms with van der Waals surface area (Å²) in [7, 11) is -0.970. The van der Waals surface area contributed by atoms with Crippen molar-refractivity contribution in [3.8, 4) is 11.5 Å². The Labute approximate surface area is 171 Å². The fourth-order valence-corrected chi connectivity index (χ4v) is 4.92. The standard InChI is InChI=1S/C21H26N2O5S/c1-27-19-13-12-17(14-20(19)28-2)23(15-21(24)22-16-8-6-7-9-16)29(25,26)18-10-4-3-5-11-18/h3-5,10-14,16H,6-9,15H2,1-2H3,(H,22,24). The molecule has 2 aromatic rings. The molecule has 0 saturated heterocycles. The zero-order valence-electron chi connectivity index (χ0n) is 16.6. The van der Waals surface area contributed by atoms with E-state index in [1.54, 1.807) is 36.4 Å². The molecule has 1 aliphatic rings. The van der Waals surface area contributed by atoms with Crippen LogP contribution in [0.25, 0.3) is 0 Å². The molecule has 0 aromatic heterocycles. The first kappa shape index (κ1) is 21.0. The van der Waals surface area contributed by atoms with Crippen molar-refractivity contribution in [2.45, 2.75) is 36.6 Å². The Kier molecular flexibility index (Phi) is 6.64. The van der Waals surface area contributed by atoms with E-state index in [2.05, 4.69) is 5.32 Å². The lowest BCUT2D eigenvalue weighted by Gasteiger charge is -2.25. The van der Waals surface area contributed by atoms with E-state index in [0.29, 0.717) is 17.2 Å². The quantitative estimate of drug-likeness (QED) is 0.712. The van der Waals surface area contributed by atoms with Gasteiger partial charge in [0.25, 0.3) is 10.0 Å². The number of carbonyl (C=O) groups is 1. The van der Waals surface area contributed by atoms with Gasteiger partial charge >= 0.3 is 0 Å². The zero-order valence-corrected chi connectivity index (χ0v) is 17.4. The molecule has 156 valence electrons. The van der Waals surface area contributed by atoms with Gasteiger partial charge in [0.2, 0.25) is 5.91 Å². The number of amides is 1. The third-order valence-corrected chi connectivity index (χ3v) is 6.78. The van der Waals surface area contributed by atoms with Gasteiger partial charge in [0.05, 0.1) is 24.8 Å². The molecule has 1 fully saturated rings. The van der Waals surface area contributed by atoms with Gasteiger partial charge in [-0.25, -0.2) is 8.42 Å². The van der Waals surface area contributed by atoms with Crippen LogP contribution in [0, 0.1) is 0 Å². The molecular weight excluding hydrogens is 392 g/mol. The summed E-state index contributed by atoms with van der Waals surface area (Å²) < 4.78 is 38.3. The van der Waals surface area contributed by atoms with Crippen LogP contribution in [0.4, 0.5) is 5.69 Å². The summed E-state index contributed by atoms with van der Waals surface area (Å²) in [6.07, 6.45) is 4.00. The first-order valence-corrected chi connectivity index (χ1v) is 11.0. The lowest BCUT2D eigenvalue weighted by atomic mass is 10.2. The highest BCUT2D eigenvalue weighted by Gasteiger charge is 2.29. The largest absolute Gasteiger partial charge is 0.493 e. The molecule has 29 heavy (non-hydrogen) atoms. The number of hydrogen-bond donors (Lipinski definition) is 1. The second kappa shape index (κ2) is 9.17. The van der Waals surface area contributed by atoms with Gasteiger partial charge in [0.15, 0.2) is 11.5 Å². The van der Waals surface area contributed by atoms with Crippen LogP contribution in [-0.4, -0.2) is 41.1 Å². The van der Waals surface area contributed by atoms with Crippen LogP contribution in [0.15, 0.2) is 53.4 Å². The van der Waals surface area contributed by atoms with Crippen LogP contribution in [0.3, 0.4) is 0 Å². The number of nitrogens with one attached hydrogen (secondary N) is 1. The molecule has 1 saturated carbocycles. The fourth-order valence-electron chi connectivity index (χ4n) is 3.49. The Hall–Kier alpha value is -2.74. The monoisotopic (exact) mass is 418 g/mol. The van der Waals surface area contributed by atoms with E-state index >= 15 is 0 Å². The molecule has 0 unspecified atom stereocenters. The van der Waals surface area contributed by atoms with Gasteiger partial charge in [-0.05, 0) is 37.1 Å². The highest BCUT2D eigenvalue weighted by atomic mass is 32.2. The molecule has 0 radical (unpaired) electrons. The lowest BCUT2D eigenvalue weighted by Crippen LogP contribution is -2.43. The summed E-state index contributed by atoms with van der Waals surface area (Å²) in [5.41, 5.74) is 0.327. The van der Waals surface area contributed by atoms with Crippen molar-refractivity contribution in [3.05, 3.63) is 48.5 Å². The summed E-state index contributed by atoms with van der Waals surface area (Å²) in [6.45, 7) is -0.316. The summed E-state index contributed by atoms with van der Waals surface area (Å²) in [6, 6.07) is 13.0. The number of anilines is 1. The first-order chi connectivity index (χ1) is 14.0. The maximum Gasteiger partial charge on any atom is 0.264 e. The molecular formula is C21H26N2O5S. The molecule has 0 spiro atoms. The van der Waals surface area contributed by atoms with E-state index in [4.69, 9.17) is 9.47 Å². The topological polar surface area (TPSA) is 84.9 Å². The van der Waals surface area contributed by atoms with Crippen LogP contribution >= 0.6 is 0 Å². The van der Waals surface area contributed by atoms with E-state index in [0.717, 1.165) is 30.0 Å². The number of hydrogen-bond acceptors (Lipinski definition) is 5. The Bertz CT molecular complexity index is 941. The van der Waals surface area contributed by atoms with Gasteiger partial charge < -0.3 is 14.8 Å². The first-order valence-electron chi connectivity index (χ1n) is 9.55. The van der Waals surface area contributed by atoms with Gasteiger partial charge in [-0.1, -0.05) is 31.0 Å². The second-order valence-electron chi connectivity index (χ2n) is 6.91. The zero-order chi connectivity index (χ0) is 20.9. The van der Waals surface area contributed by atoms with Crippen molar-refractivity contribution in [3.63, 3.8) is 0 Å². The molecule has 1 N–H and O–H groups in total. The number of methoxy groups -OCH3 is 2. The minimum Gasteiger partial charge on any atom is -0.493 e. The molecule has 2 aromatic carbocycles. The van der Waals surface area contributed by atoms with Crippen LogP contribution in [0.1, 0.15) is 25.7 Å². The Morgan fingerprint density at radius 2 is 1.69 bits per heavy atom. The normalized spacial score (nSPS) is 14.4. The maximum atomic E-state index is 13.3. The predicted molar refractivity (Wildman–Crippen MR) is 111 cm³/mol. The van der Waals surface area contributed by atoms with Gasteiger partial charge in [-0.15, -0.1) is 0 Å². The number of sulfonamides is 1. The molecule has 3 rings (SSSR count). The molecule has 8 heteroatoms. The number of benzene rings is 2. The summed E-state index contributed by atoms with van der Waals surface area (Å²) in [5.74, 6) is 0.532. The van der Waals surface area contributed by atoms with Gasteiger partial charge in [0, 0.05) is 12.1 Å². The van der Waals surface area contributed by atoms with E-state index in [9.17, 15) is 13.2 Å². The van der Waals surface area contributed by atoms with Gasteiger partial charge in [0.1, 0.15) is 6.54 Å². The minimum absolute atomic E-state index is 0.106. The maximum absolute atomic E-state index is 13.3. The van der Waals surface area contributed by atoms with Crippen LogP contribution in [0.5, 0.6) is 11.5 Å². The highest BCUT2D eigenvalue weighted by Crippen LogP contribution is 2.33. The number of carbonyl (C=O) groups excluding carboxylic acids is 1. The average Bonchev–Trinajstić information content (AvgIpc) is 3.25. The minimum atomic E-state index is -3.95. The van der Waals surface area contributed by atoms with Gasteiger partial charge in [-0.3, -0.25) is 9.10 Å². The van der Waals surface area contributed by atoms with Crippen LogP contribution < -0.4 is 19.1 Å². The molecule has 1 amide bonds. The van der Waals surface area contributed by atoms with Crippen molar-refractivity contribution in [1.82, 2.24) is 5.32 Å². The average molecular weight is 419 g/mol. The van der Waals surface area contributed by atoms with E-state index in [-0.39, 0.29) is 23.4 Å². The van der Waals surface area contributed by atoms with Crippen molar-refractivity contribution < 1.29 is 22.7 Å². The summed E-state index contributed by atoms with van der Waals surface area (Å²) in [4.78, 5) is 12.8. The third kappa shape index (κ3) is 4.82. The molecule has 0 bridgehead atoms. The van der Waals surface area contributed by atoms with Gasteiger partial charge in [-0.2, -0.15) is 0 Å². The smallest absolute Gasteiger partial charge is 0.264 e. The fraction of sp³-hybridized carbons (Fsp3) is 0.381. The van der Waals surface area contributed by atoms with E-state index < -0.39 is 10.0 Å². The Morgan fingerprint density at radius 3 is 2.31 bits per heavy atom. The molecule has 0 atom stereocenters. The van der Waals surface area contributed by atoms with Crippen molar-refractivity contribution in [2.75, 3.05) is 25.1 Å². The summed E-state index contributed by atoms with van der Waals surface area (Å²) in [5, 5.41) is 2.95. The highest BCUT2D eigenvalue weighted by molar-refractivity contribution is 7.92. The SMILES string of the molecule is COc1ccc(N(CC(=O)NC2CCCC2)S(=O)(=O)c2ccccc2)cc1OC. The molecule has 0 heterocycles. The third-order valence-electron chi connectivity index (χ3n) is 4.99. The molecule has 7 nitrogen and oxygen atoms in total. The number of rotatable bonds is 8. The Morgan fingerprint density at radius 1 is 1.03 bits per heavy atom. The number of ether oxygens (including phenoxy) is 2. The van der Waals surface area contributed by atoms with Crippen molar-refractivity contribution in [1.29, 1.82) is 0 Å². The molecule has 0 aliphatic heterocycles. The van der Waals surface area contributed by atoms with Crippen LogP contribution in [-0.2, 0) is 14.8 Å². The van der Waals surface area contributed by atoms with Crippen molar-refractivity contribution in [2.24, 2.45) is 0 Å². The predicted octanol–water partition coefficient (Wildman–Crippen LogP) is 2.96. The lowest BCUT2D eigenvalue weighted by molar-refractivity contribution is -0.120. The van der Waals surface area contributed by atoms with Crippen molar-refractivity contribution >= 4 is 21.6 Å². The summed E-state index contributed by atoms with van der Waals surface area (Å²) >= 11 is 0. The van der Waals surface area contributed by atoms with Crippen LogP contribution in [0.2, 0.25) is 0 Å². The second-order valence-corrected chi connectivity index (χ2v) is 8.78.